The number of ether oxygens (including phenoxy) is 1. The number of carbonyl (C=O) groups is 4. The fraction of sp³-hybridized carbons (Fsp3) is 0.133. The number of benzene rings is 7. The van der Waals surface area contributed by atoms with E-state index in [0.717, 1.165) is 87.1 Å². The van der Waals surface area contributed by atoms with Crippen LogP contribution in [0.1, 0.15) is 71.6 Å². The summed E-state index contributed by atoms with van der Waals surface area (Å²) in [7, 11) is 26.4. The van der Waals surface area contributed by atoms with Gasteiger partial charge in [-0.3, -0.25) is 37.9 Å². The van der Waals surface area contributed by atoms with E-state index in [2.05, 4.69) is 287 Å². The van der Waals surface area contributed by atoms with Crippen molar-refractivity contribution in [3.63, 3.8) is 0 Å². The van der Waals surface area contributed by atoms with Gasteiger partial charge in [-0.05, 0) is 186 Å². The molecule has 140 heavy (non-hydrogen) atoms. The van der Waals surface area contributed by atoms with E-state index in [0.29, 0.717) is 49.2 Å². The second kappa shape index (κ2) is 79.7. The van der Waals surface area contributed by atoms with E-state index in [1.54, 1.807) is 54.1 Å². The number of ketones is 1. The SMILES string of the molecule is C.C.C.N.NCc1ccccc1.NP.O=C(Cl)C(=O)Cl.O=C(O)CN(Cc1ccccc1)c1ccnc(NP)c1.O=C1CN(Cc2ccccc2)c2ccnc(NP)c21.O=P(Br)(Br)Br.O=P(Cl)(Cl)Cl.O=c1cc(NCc2ccccc2)cc[nH]1.O=c1cc(OCc2ccccc2)cc[nH]1.PNc1cc(NCc2ccccc2)ccn1.PNc1nccc2c1c(Br)cn2Cc1ccccc1.[Cl][Al]([Cl])[Cl].[Na+].[OH-]. The molecule has 15 rings (SSSR count). The smallest absolute Gasteiger partial charge is 0.870 e. The van der Waals surface area contributed by atoms with Crippen molar-refractivity contribution in [2.24, 2.45) is 11.2 Å². The average molecular weight is 2490 g/mol. The van der Waals surface area contributed by atoms with Crippen LogP contribution in [-0.4, -0.2) is 91.8 Å². The van der Waals surface area contributed by atoms with E-state index in [9.17, 15) is 37.9 Å². The summed E-state index contributed by atoms with van der Waals surface area (Å²) in [5.74, 6) is 2.84. The summed E-state index contributed by atoms with van der Waals surface area (Å²) >= 11 is 33.0. The van der Waals surface area contributed by atoms with Crippen LogP contribution in [0.4, 0.5) is 46.0 Å². The van der Waals surface area contributed by atoms with Crippen molar-refractivity contribution < 1.29 is 73.2 Å². The number of nitrogens with two attached hydrogens (primary N) is 2. The summed E-state index contributed by atoms with van der Waals surface area (Å²) in [6.07, 6.45) is 12.3. The van der Waals surface area contributed by atoms with Gasteiger partial charge in [-0.15, -0.1) is 0 Å². The van der Waals surface area contributed by atoms with Crippen LogP contribution in [0, 0.1) is 0 Å². The van der Waals surface area contributed by atoms with Gasteiger partial charge < -0.3 is 88.0 Å². The van der Waals surface area contributed by atoms with Gasteiger partial charge in [0.05, 0.1) is 28.7 Å². The van der Waals surface area contributed by atoms with Crippen LogP contribution >= 0.6 is 205 Å². The van der Waals surface area contributed by atoms with Crippen LogP contribution in [0.25, 0.3) is 10.9 Å². The number of Topliss-reactive ketones (excluding diaryl/α,β-unsaturated/α-hetero) is 1. The Kier molecular flexibility index (Phi) is 78.4. The van der Waals surface area contributed by atoms with E-state index in [4.69, 9.17) is 45.7 Å². The van der Waals surface area contributed by atoms with E-state index in [1.165, 1.54) is 33.9 Å². The molecule has 0 saturated carbocycles. The molecule has 0 amide bonds. The fourth-order valence-corrected chi connectivity index (χ4v) is 12.5. The van der Waals surface area contributed by atoms with E-state index < -0.39 is 36.3 Å². The Morgan fingerprint density at radius 3 is 1.34 bits per heavy atom. The van der Waals surface area contributed by atoms with Gasteiger partial charge in [0.15, 0.2) is 5.78 Å². The number of aliphatic carboxylic acids is 1. The molecule has 5 atom stereocenters. The number of carboxylic acids is 1. The summed E-state index contributed by atoms with van der Waals surface area (Å²) in [6.45, 7) is 5.14. The Hall–Kier alpha value is -6.52. The van der Waals surface area contributed by atoms with Crippen molar-refractivity contribution in [1.29, 1.82) is 0 Å². The normalized spacial score (nSPS) is 9.91. The van der Waals surface area contributed by atoms with Gasteiger partial charge in [0.1, 0.15) is 42.2 Å². The molecule has 17 N–H and O–H groups in total. The molecule has 8 heterocycles. The van der Waals surface area contributed by atoms with Crippen LogP contribution in [0.2, 0.25) is 0 Å². The molecule has 29 nitrogen and oxygen atoms in total. The van der Waals surface area contributed by atoms with Crippen molar-refractivity contribution >= 4 is 295 Å². The minimum atomic E-state index is -3.22. The van der Waals surface area contributed by atoms with Crippen LogP contribution in [0.15, 0.2) is 330 Å². The molecule has 0 aliphatic carbocycles. The number of nitrogens with zero attached hydrogens (tertiary/aromatic N) is 7. The Bertz CT molecular complexity index is 5880. The fourth-order valence-electron chi connectivity index (χ4n) is 11.1. The monoisotopic (exact) mass is 2480 g/mol. The number of H-pyrrole nitrogens is 2. The molecule has 1 aliphatic rings. The van der Waals surface area contributed by atoms with Crippen molar-refractivity contribution in [3.05, 3.63) is 386 Å². The first-order chi connectivity index (χ1) is 64.1. The van der Waals surface area contributed by atoms with Gasteiger partial charge in [0.2, 0.25) is 5.56 Å². The Balaban J connectivity index is -0.00000151. The van der Waals surface area contributed by atoms with Crippen molar-refractivity contribution in [2.45, 2.75) is 68.2 Å². The minimum Gasteiger partial charge on any atom is -0.870 e. The molecule has 0 spiro atoms. The number of aromatic amines is 2. The summed E-state index contributed by atoms with van der Waals surface area (Å²) < 4.78 is 26.0. The summed E-state index contributed by atoms with van der Waals surface area (Å²) in [4.78, 5) is 89.8. The van der Waals surface area contributed by atoms with Gasteiger partial charge >= 0.3 is 62.6 Å². The van der Waals surface area contributed by atoms with Crippen LogP contribution in [0.3, 0.4) is 0 Å². The summed E-state index contributed by atoms with van der Waals surface area (Å²) in [5.41, 5.74) is 23.3. The van der Waals surface area contributed by atoms with Crippen molar-refractivity contribution in [3.8, 4) is 5.75 Å². The molecule has 0 radical (unpaired) electrons. The van der Waals surface area contributed by atoms with Gasteiger partial charge in [-0.1, -0.05) is 244 Å². The molecule has 5 unspecified atom stereocenters. The number of pyridine rings is 6. The number of halogens is 12. The predicted octanol–water partition coefficient (Wildman–Crippen LogP) is 23.8. The van der Waals surface area contributed by atoms with E-state index in [-0.39, 0.29) is 86.9 Å². The number of hydrogen-bond acceptors (Lipinski definition) is 25. The van der Waals surface area contributed by atoms with Gasteiger partial charge in [0.25, 0.3) is 8.81 Å². The number of anilines is 8. The second-order valence-corrected chi connectivity index (χ2v) is 60.3. The largest absolute Gasteiger partial charge is 1.00 e. The predicted molar refractivity (Wildman–Crippen MR) is 618 cm³/mol. The van der Waals surface area contributed by atoms with Crippen molar-refractivity contribution in [2.75, 3.05) is 53.9 Å². The molecule has 7 aromatic carbocycles. The zero-order chi connectivity index (χ0) is 98.6. The Morgan fingerprint density at radius 2 is 0.914 bits per heavy atom. The number of nitrogens with one attached hydrogen (secondary N) is 8. The molecule has 0 fully saturated rings. The quantitative estimate of drug-likeness (QED) is 0.0116. The Morgan fingerprint density at radius 1 is 0.529 bits per heavy atom. The third-order valence-electron chi connectivity index (χ3n) is 16.7. The molecule has 50 heteroatoms. The standard InChI is InChI=1S/C14H13BrN3P.C14H16N3O2P.C14H14N3OP.C12H14N3P.C12H12N2O.C12H11NO2.C7H9N.C2Cl2O2.3CH4.Al.Br3OP.Cl3OP.3ClH.H4NP.H3N.Na.H2O/c15-11-9-18(8-10-4-2-1-3-5-10)12-6-7-16-14(17-19)13(11)12;18-14(19)10-17(9-11-4-2-1-3-5-11)12-6-7-15-13(8-12)16-20;18-12-9-17(8-10-4-2-1-3-5-10)11-6-7-15-14(16-19)13(11)12;16-15-12-8-11(6-7-13-12)14-9-10-4-2-1-3-5-10;15-12-8-11(6-7-13-12)14-9-10-4-2-1-3-5-10;14-12-8-11(6-7-13-12)15-9-10-4-2-1-3-5-10;8-6-7-4-2-1-3-5-7;3-1(5)2(4)6;;;;;2*1-5(2,3)4;;;;1-2;;;/h1-7,9H,8,19H2,(H,16,17);1-8H,9-10,20H2,(H,15,16)(H,18,19);1-7H,8-9,19H2,(H,15,16);1-8H,9,16H2,(H2,13,14,15);1-8H,9H2,(H2,13,14,15);1-8H,9H2,(H,13,14);1-5H,6,8H2;;3*1H4;;;;3*1H;1-2H2;1H3;;1H2/q;;;;;;;;;;;+3;;;;;;;;+1;/p-4. The third kappa shape index (κ3) is 61.7. The third-order valence-corrected chi connectivity index (χ3v) is 18.9. The average Bonchev–Trinajstić information content (AvgIpc) is 1.64. The van der Waals surface area contributed by atoms with E-state index in [1.807, 2.05) is 216 Å². The van der Waals surface area contributed by atoms with Gasteiger partial charge in [0, 0.05) is 175 Å². The maximum Gasteiger partial charge on any atom is 1.00 e. The second-order valence-electron chi connectivity index (χ2n) is 26.2. The van der Waals surface area contributed by atoms with Crippen LogP contribution in [0.5, 0.6) is 5.75 Å². The van der Waals surface area contributed by atoms with Crippen molar-refractivity contribution in [1.82, 2.24) is 40.6 Å². The minimum absolute atomic E-state index is 0. The molecule has 7 aromatic heterocycles. The molecular formula is C90H109AlBr4Cl8N18NaO11P7. The number of carbonyl (C=O) groups excluding carboxylic acids is 3. The van der Waals surface area contributed by atoms with Gasteiger partial charge in [-0.25, -0.2) is 50.1 Å². The maximum atomic E-state index is 12.1. The first-order valence-corrected chi connectivity index (χ1v) is 60.7. The van der Waals surface area contributed by atoms with Crippen LogP contribution in [-0.2, 0) is 69.4 Å². The zero-order valence-corrected chi connectivity index (χ0v) is 95.9. The van der Waals surface area contributed by atoms with E-state index >= 15 is 0 Å². The molecule has 0 bridgehead atoms. The molecule has 14 aromatic rings. The maximum absolute atomic E-state index is 12.1. The van der Waals surface area contributed by atoms with Crippen LogP contribution < -0.4 is 104 Å². The molecule has 748 valence electrons. The molecule has 1 aliphatic heterocycles. The number of fused-ring (bicyclic) bond motifs is 2. The summed E-state index contributed by atoms with van der Waals surface area (Å²) in [6, 6.07) is 88.5. The number of hydrogen-bond donors (Lipinski definition) is 12. The molecule has 0 saturated heterocycles. The first-order valence-electron chi connectivity index (χ1n) is 38.8. The van der Waals surface area contributed by atoms with Gasteiger partial charge in [-0.2, -0.15) is 0 Å². The Labute approximate surface area is 924 Å². The summed E-state index contributed by atoms with van der Waals surface area (Å²) in [5, 5.41) is 23.0. The number of carboxylic acid groups (broad SMARTS) is 1. The number of rotatable bonds is 24. The molecular weight excluding hydrogens is 2380 g/mol. The number of aromatic nitrogens is 7. The zero-order valence-electron chi connectivity index (χ0n) is 72.8. The topological polar surface area (TPSA) is 450 Å². The first kappa shape index (κ1) is 138.